The highest BCUT2D eigenvalue weighted by Crippen LogP contribution is 2.33. The summed E-state index contributed by atoms with van der Waals surface area (Å²) in [5, 5.41) is 4.32. The standard InChI is InChI=1S/C19H20ClF3N4O2/c1-10-2-5-16(18(28)25-8-14(22)15(23)9-25)27-17(10)24-26(19(27)29)7-11-3-4-13(21)12(20)6-11/h3-4,6,10,14-16H,2,5,7-9H2,1H3/t10?,14-,15+,16?. The van der Waals surface area contributed by atoms with E-state index in [1.807, 2.05) is 6.92 Å². The largest absolute Gasteiger partial charge is 0.347 e. The molecule has 1 fully saturated rings. The molecule has 0 N–H and O–H groups in total. The number of hydrogen-bond acceptors (Lipinski definition) is 3. The van der Waals surface area contributed by atoms with Crippen LogP contribution in [0.5, 0.6) is 0 Å². The molecular weight excluding hydrogens is 409 g/mol. The highest BCUT2D eigenvalue weighted by atomic mass is 35.5. The Morgan fingerprint density at radius 1 is 1.24 bits per heavy atom. The van der Waals surface area contributed by atoms with E-state index in [1.165, 1.54) is 27.4 Å². The average Bonchev–Trinajstić information content (AvgIpc) is 3.19. The third kappa shape index (κ3) is 3.56. The van der Waals surface area contributed by atoms with Crippen molar-refractivity contribution in [3.63, 3.8) is 0 Å². The molecule has 1 aromatic heterocycles. The number of aromatic nitrogens is 3. The molecule has 2 aliphatic rings. The van der Waals surface area contributed by atoms with Gasteiger partial charge in [0.25, 0.3) is 0 Å². The lowest BCUT2D eigenvalue weighted by atomic mass is 9.95. The predicted octanol–water partition coefficient (Wildman–Crippen LogP) is 2.84. The summed E-state index contributed by atoms with van der Waals surface area (Å²) in [5.41, 5.74) is 0.0997. The summed E-state index contributed by atoms with van der Waals surface area (Å²) in [7, 11) is 0. The van der Waals surface area contributed by atoms with Gasteiger partial charge in [-0.25, -0.2) is 22.6 Å². The van der Waals surface area contributed by atoms with Crippen LogP contribution in [0.3, 0.4) is 0 Å². The van der Waals surface area contributed by atoms with Crippen LogP contribution in [0.1, 0.15) is 43.1 Å². The van der Waals surface area contributed by atoms with Gasteiger partial charge in [0.15, 0.2) is 12.3 Å². The number of fused-ring (bicyclic) bond motifs is 1. The maximum Gasteiger partial charge on any atom is 0.347 e. The zero-order valence-corrected chi connectivity index (χ0v) is 16.5. The van der Waals surface area contributed by atoms with Crippen LogP contribution in [0.25, 0.3) is 0 Å². The molecule has 4 rings (SSSR count). The lowest BCUT2D eigenvalue weighted by Crippen LogP contribution is -2.42. The van der Waals surface area contributed by atoms with E-state index in [0.29, 0.717) is 24.2 Å². The van der Waals surface area contributed by atoms with Crippen molar-refractivity contribution in [1.82, 2.24) is 19.2 Å². The number of benzene rings is 1. The first-order valence-corrected chi connectivity index (χ1v) is 9.84. The number of halogens is 4. The van der Waals surface area contributed by atoms with Gasteiger partial charge in [-0.3, -0.25) is 9.36 Å². The van der Waals surface area contributed by atoms with Crippen molar-refractivity contribution >= 4 is 17.5 Å². The quantitative estimate of drug-likeness (QED) is 0.755. The van der Waals surface area contributed by atoms with Crippen LogP contribution in [-0.2, 0) is 11.3 Å². The van der Waals surface area contributed by atoms with Crippen LogP contribution in [0.2, 0.25) is 5.02 Å². The van der Waals surface area contributed by atoms with E-state index >= 15 is 0 Å². The molecule has 156 valence electrons. The number of alkyl halides is 2. The topological polar surface area (TPSA) is 60.1 Å². The molecule has 6 nitrogen and oxygen atoms in total. The molecule has 0 bridgehead atoms. The van der Waals surface area contributed by atoms with Crippen molar-refractivity contribution in [1.29, 1.82) is 0 Å². The van der Waals surface area contributed by atoms with Gasteiger partial charge in [-0.15, -0.1) is 0 Å². The van der Waals surface area contributed by atoms with Gasteiger partial charge < -0.3 is 4.90 Å². The summed E-state index contributed by atoms with van der Waals surface area (Å²) < 4.78 is 43.0. The van der Waals surface area contributed by atoms with Gasteiger partial charge in [-0.05, 0) is 30.5 Å². The Labute approximate surface area is 169 Å². The molecular formula is C19H20ClF3N4O2. The highest BCUT2D eigenvalue weighted by molar-refractivity contribution is 6.30. The number of hydrogen-bond donors (Lipinski definition) is 0. The molecule has 2 aromatic rings. The van der Waals surface area contributed by atoms with Crippen molar-refractivity contribution < 1.29 is 18.0 Å². The summed E-state index contributed by atoms with van der Waals surface area (Å²) in [5.74, 6) is -0.617. The van der Waals surface area contributed by atoms with Crippen molar-refractivity contribution in [3.8, 4) is 0 Å². The smallest absolute Gasteiger partial charge is 0.335 e. The van der Waals surface area contributed by atoms with E-state index < -0.39 is 35.8 Å². The molecule has 2 unspecified atom stereocenters. The minimum Gasteiger partial charge on any atom is -0.335 e. The Balaban J connectivity index is 1.65. The first-order valence-electron chi connectivity index (χ1n) is 9.46. The molecule has 29 heavy (non-hydrogen) atoms. The van der Waals surface area contributed by atoms with Gasteiger partial charge >= 0.3 is 5.69 Å². The first-order chi connectivity index (χ1) is 13.8. The van der Waals surface area contributed by atoms with Crippen LogP contribution in [0.15, 0.2) is 23.0 Å². The van der Waals surface area contributed by atoms with Crippen molar-refractivity contribution in [2.75, 3.05) is 13.1 Å². The van der Waals surface area contributed by atoms with E-state index in [1.54, 1.807) is 0 Å². The second-order valence-electron chi connectivity index (χ2n) is 7.69. The van der Waals surface area contributed by atoms with Gasteiger partial charge in [0.1, 0.15) is 17.7 Å². The molecule has 10 heteroatoms. The predicted molar refractivity (Wildman–Crippen MR) is 100 cm³/mol. The molecule has 2 aliphatic heterocycles. The van der Waals surface area contributed by atoms with E-state index in [2.05, 4.69) is 5.10 Å². The minimum atomic E-state index is -1.70. The molecule has 0 aliphatic carbocycles. The average molecular weight is 429 g/mol. The maximum absolute atomic E-state index is 13.5. The van der Waals surface area contributed by atoms with Crippen molar-refractivity contribution in [2.45, 2.75) is 50.6 Å². The number of carbonyl (C=O) groups excluding carboxylic acids is 1. The third-order valence-corrected chi connectivity index (χ3v) is 5.91. The SMILES string of the molecule is CC1CCC(C(=O)N2C[C@@H](F)[C@@H](F)C2)n2c1nn(Cc1ccc(F)c(Cl)c1)c2=O. The second-order valence-corrected chi connectivity index (χ2v) is 8.09. The minimum absolute atomic E-state index is 0.0498. The number of rotatable bonds is 3. The normalized spacial score (nSPS) is 26.6. The van der Waals surface area contributed by atoms with Gasteiger partial charge in [0.05, 0.1) is 24.7 Å². The van der Waals surface area contributed by atoms with Crippen LogP contribution >= 0.6 is 11.6 Å². The molecule has 1 amide bonds. The summed E-state index contributed by atoms with van der Waals surface area (Å²) in [4.78, 5) is 27.1. The van der Waals surface area contributed by atoms with Gasteiger partial charge in [0.2, 0.25) is 5.91 Å². The molecule has 1 aromatic carbocycles. The number of likely N-dealkylation sites (tertiary alicyclic amines) is 1. The van der Waals surface area contributed by atoms with Crippen LogP contribution in [-0.4, -0.2) is 50.6 Å². The number of amides is 1. The lowest BCUT2D eigenvalue weighted by molar-refractivity contribution is -0.134. The Morgan fingerprint density at radius 2 is 1.93 bits per heavy atom. The van der Waals surface area contributed by atoms with E-state index in [9.17, 15) is 22.8 Å². The molecule has 3 heterocycles. The van der Waals surface area contributed by atoms with Gasteiger partial charge in [-0.2, -0.15) is 5.10 Å². The van der Waals surface area contributed by atoms with E-state index in [0.717, 1.165) is 4.90 Å². The molecule has 1 saturated heterocycles. The fraction of sp³-hybridized carbons (Fsp3) is 0.526. The Bertz CT molecular complexity index is 998. The van der Waals surface area contributed by atoms with Crippen LogP contribution in [0.4, 0.5) is 13.2 Å². The maximum atomic E-state index is 13.5. The number of nitrogens with zero attached hydrogens (tertiary/aromatic N) is 4. The summed E-state index contributed by atoms with van der Waals surface area (Å²) >= 11 is 5.81. The Morgan fingerprint density at radius 3 is 2.59 bits per heavy atom. The van der Waals surface area contributed by atoms with Crippen LogP contribution in [0, 0.1) is 5.82 Å². The van der Waals surface area contributed by atoms with Gasteiger partial charge in [0, 0.05) is 5.92 Å². The monoisotopic (exact) mass is 428 g/mol. The zero-order valence-electron chi connectivity index (χ0n) is 15.7. The zero-order chi connectivity index (χ0) is 20.9. The molecule has 0 radical (unpaired) electrons. The molecule has 0 spiro atoms. The fourth-order valence-corrected chi connectivity index (χ4v) is 4.20. The molecule has 4 atom stereocenters. The Kier molecular flexibility index (Phi) is 5.18. The summed E-state index contributed by atoms with van der Waals surface area (Å²) in [6.45, 7) is 1.36. The Hall–Kier alpha value is -2.29. The van der Waals surface area contributed by atoms with Crippen LogP contribution < -0.4 is 5.69 Å². The second kappa shape index (κ2) is 7.51. The number of carbonyl (C=O) groups is 1. The van der Waals surface area contributed by atoms with Crippen molar-refractivity contribution in [2.24, 2.45) is 0 Å². The summed E-state index contributed by atoms with van der Waals surface area (Å²) in [6.07, 6.45) is -2.39. The first kappa shape index (κ1) is 20.0. The van der Waals surface area contributed by atoms with E-state index in [-0.39, 0.29) is 30.6 Å². The lowest BCUT2D eigenvalue weighted by Gasteiger charge is -2.29. The van der Waals surface area contributed by atoms with E-state index in [4.69, 9.17) is 11.6 Å². The highest BCUT2D eigenvalue weighted by Gasteiger charge is 2.41. The van der Waals surface area contributed by atoms with Crippen molar-refractivity contribution in [3.05, 3.63) is 50.9 Å². The fourth-order valence-electron chi connectivity index (χ4n) is 3.99. The molecule has 0 saturated carbocycles. The summed E-state index contributed by atoms with van der Waals surface area (Å²) in [6, 6.07) is 3.30. The van der Waals surface area contributed by atoms with Gasteiger partial charge in [-0.1, -0.05) is 24.6 Å². The third-order valence-electron chi connectivity index (χ3n) is 5.62.